The molecule has 3 rings (SSSR count). The van der Waals surface area contributed by atoms with E-state index in [1.165, 1.54) is 6.07 Å². The molecule has 17 heavy (non-hydrogen) atoms. The highest BCUT2D eigenvalue weighted by Crippen LogP contribution is 2.50. The molecular formula is C14H11FO2. The van der Waals surface area contributed by atoms with Crippen molar-refractivity contribution < 1.29 is 14.3 Å². The van der Waals surface area contributed by atoms with Crippen LogP contribution < -0.4 is 0 Å². The molecule has 2 aromatic rings. The number of benzene rings is 2. The number of rotatable bonds is 2. The van der Waals surface area contributed by atoms with Crippen LogP contribution in [0.15, 0.2) is 36.4 Å². The Morgan fingerprint density at radius 2 is 1.76 bits per heavy atom. The van der Waals surface area contributed by atoms with E-state index < -0.39 is 11.4 Å². The van der Waals surface area contributed by atoms with Crippen LogP contribution in [-0.2, 0) is 10.2 Å². The number of hydrogen-bond acceptors (Lipinski definition) is 1. The number of carbonyl (C=O) groups is 1. The summed E-state index contributed by atoms with van der Waals surface area (Å²) in [5.74, 6) is -1.11. The number of halogens is 1. The van der Waals surface area contributed by atoms with Crippen molar-refractivity contribution in [3.05, 3.63) is 47.8 Å². The molecule has 86 valence electrons. The molecule has 0 aliphatic heterocycles. The molecule has 0 amide bonds. The van der Waals surface area contributed by atoms with Gasteiger partial charge in [-0.25, -0.2) is 4.39 Å². The molecule has 1 aliphatic carbocycles. The number of carboxylic acid groups (broad SMARTS) is 1. The van der Waals surface area contributed by atoms with Gasteiger partial charge in [0.05, 0.1) is 5.41 Å². The summed E-state index contributed by atoms with van der Waals surface area (Å²) in [7, 11) is 0. The molecule has 0 unspecified atom stereocenters. The Bertz CT molecular complexity index is 615. The van der Waals surface area contributed by atoms with E-state index in [0.29, 0.717) is 23.6 Å². The molecule has 0 bridgehead atoms. The molecule has 0 radical (unpaired) electrons. The van der Waals surface area contributed by atoms with Gasteiger partial charge in [0.1, 0.15) is 5.82 Å². The van der Waals surface area contributed by atoms with Gasteiger partial charge in [-0.15, -0.1) is 0 Å². The smallest absolute Gasteiger partial charge is 0.314 e. The van der Waals surface area contributed by atoms with E-state index >= 15 is 0 Å². The fraction of sp³-hybridized carbons (Fsp3) is 0.214. The molecule has 0 spiro atoms. The van der Waals surface area contributed by atoms with Crippen LogP contribution in [0.5, 0.6) is 0 Å². The average molecular weight is 230 g/mol. The second-order valence-corrected chi connectivity index (χ2v) is 4.53. The third kappa shape index (κ3) is 1.35. The summed E-state index contributed by atoms with van der Waals surface area (Å²) < 4.78 is 13.6. The van der Waals surface area contributed by atoms with Crippen molar-refractivity contribution in [2.75, 3.05) is 0 Å². The van der Waals surface area contributed by atoms with E-state index in [1.54, 1.807) is 24.3 Å². The number of hydrogen-bond donors (Lipinski definition) is 1. The summed E-state index contributed by atoms with van der Waals surface area (Å²) >= 11 is 0. The van der Waals surface area contributed by atoms with Crippen LogP contribution >= 0.6 is 0 Å². The van der Waals surface area contributed by atoms with Gasteiger partial charge < -0.3 is 5.11 Å². The summed E-state index contributed by atoms with van der Waals surface area (Å²) in [6, 6.07) is 10.0. The van der Waals surface area contributed by atoms with Crippen LogP contribution in [0.25, 0.3) is 10.8 Å². The quantitative estimate of drug-likeness (QED) is 0.860. The maximum atomic E-state index is 13.6. The van der Waals surface area contributed by atoms with Crippen LogP contribution in [0.3, 0.4) is 0 Å². The lowest BCUT2D eigenvalue weighted by molar-refractivity contribution is -0.140. The van der Waals surface area contributed by atoms with Gasteiger partial charge >= 0.3 is 5.97 Å². The Labute approximate surface area is 97.7 Å². The summed E-state index contributed by atoms with van der Waals surface area (Å²) in [6.07, 6.45) is 1.27. The van der Waals surface area contributed by atoms with Gasteiger partial charge in [0.2, 0.25) is 0 Å². The minimum Gasteiger partial charge on any atom is -0.481 e. The SMILES string of the molecule is O=C(O)C1(c2ccc(F)c3ccccc23)CC1. The summed E-state index contributed by atoms with van der Waals surface area (Å²) in [6.45, 7) is 0. The topological polar surface area (TPSA) is 37.3 Å². The molecule has 1 aliphatic rings. The van der Waals surface area contributed by atoms with Crippen molar-refractivity contribution in [1.29, 1.82) is 0 Å². The second-order valence-electron chi connectivity index (χ2n) is 4.53. The van der Waals surface area contributed by atoms with Crippen molar-refractivity contribution in [2.45, 2.75) is 18.3 Å². The van der Waals surface area contributed by atoms with Gasteiger partial charge in [-0.1, -0.05) is 30.3 Å². The number of aliphatic carboxylic acids is 1. The summed E-state index contributed by atoms with van der Waals surface area (Å²) in [4.78, 5) is 11.3. The lowest BCUT2D eigenvalue weighted by atomic mass is 9.91. The third-order valence-corrected chi connectivity index (χ3v) is 3.55. The van der Waals surface area contributed by atoms with E-state index in [2.05, 4.69) is 0 Å². The molecule has 0 atom stereocenters. The zero-order chi connectivity index (χ0) is 12.0. The number of carboxylic acids is 1. The molecule has 3 heteroatoms. The van der Waals surface area contributed by atoms with E-state index in [1.807, 2.05) is 6.07 Å². The minimum absolute atomic E-state index is 0.300. The Kier molecular flexibility index (Phi) is 1.99. The van der Waals surface area contributed by atoms with Gasteiger partial charge in [0, 0.05) is 5.39 Å². The molecule has 0 saturated heterocycles. The fourth-order valence-electron chi connectivity index (χ4n) is 2.40. The van der Waals surface area contributed by atoms with Crippen molar-refractivity contribution in [3.8, 4) is 0 Å². The molecular weight excluding hydrogens is 219 g/mol. The molecule has 2 nitrogen and oxygen atoms in total. The monoisotopic (exact) mass is 230 g/mol. The van der Waals surface area contributed by atoms with Crippen molar-refractivity contribution >= 4 is 16.7 Å². The predicted molar refractivity (Wildman–Crippen MR) is 62.5 cm³/mol. The maximum absolute atomic E-state index is 13.6. The lowest BCUT2D eigenvalue weighted by Gasteiger charge is -2.13. The van der Waals surface area contributed by atoms with Gasteiger partial charge in [-0.05, 0) is 29.9 Å². The van der Waals surface area contributed by atoms with E-state index in [0.717, 1.165) is 5.56 Å². The van der Waals surface area contributed by atoms with E-state index in [9.17, 15) is 14.3 Å². The first-order chi connectivity index (χ1) is 8.15. The Morgan fingerprint density at radius 3 is 2.35 bits per heavy atom. The molecule has 2 aromatic carbocycles. The van der Waals surface area contributed by atoms with Crippen LogP contribution in [0.4, 0.5) is 4.39 Å². The van der Waals surface area contributed by atoms with Crippen molar-refractivity contribution in [3.63, 3.8) is 0 Å². The highest BCUT2D eigenvalue weighted by molar-refractivity contribution is 5.95. The standard InChI is InChI=1S/C14H11FO2/c15-12-6-5-11(14(7-8-14)13(16)17)9-3-1-2-4-10(9)12/h1-6H,7-8H2,(H,16,17). The van der Waals surface area contributed by atoms with Crippen LogP contribution in [0, 0.1) is 5.82 Å². The van der Waals surface area contributed by atoms with E-state index in [4.69, 9.17) is 0 Å². The Hall–Kier alpha value is -1.90. The molecule has 1 saturated carbocycles. The minimum atomic E-state index is -0.811. The average Bonchev–Trinajstić information content (AvgIpc) is 3.11. The summed E-state index contributed by atoms with van der Waals surface area (Å²) in [5.41, 5.74) is -0.0465. The first-order valence-corrected chi connectivity index (χ1v) is 5.56. The Morgan fingerprint density at radius 1 is 1.12 bits per heavy atom. The van der Waals surface area contributed by atoms with Gasteiger partial charge in [0.25, 0.3) is 0 Å². The van der Waals surface area contributed by atoms with Crippen LogP contribution in [0.2, 0.25) is 0 Å². The molecule has 1 fully saturated rings. The largest absolute Gasteiger partial charge is 0.481 e. The van der Waals surface area contributed by atoms with Crippen molar-refractivity contribution in [2.24, 2.45) is 0 Å². The van der Waals surface area contributed by atoms with Crippen molar-refractivity contribution in [1.82, 2.24) is 0 Å². The zero-order valence-corrected chi connectivity index (χ0v) is 9.11. The van der Waals surface area contributed by atoms with Crippen LogP contribution in [-0.4, -0.2) is 11.1 Å². The summed E-state index contributed by atoms with van der Waals surface area (Å²) in [5, 5.41) is 10.5. The third-order valence-electron chi connectivity index (χ3n) is 3.55. The number of fused-ring (bicyclic) bond motifs is 1. The van der Waals surface area contributed by atoms with Gasteiger partial charge in [0.15, 0.2) is 0 Å². The predicted octanol–water partition coefficient (Wildman–Crippen LogP) is 3.10. The lowest BCUT2D eigenvalue weighted by Crippen LogP contribution is -2.19. The molecule has 0 heterocycles. The highest BCUT2D eigenvalue weighted by Gasteiger charge is 2.52. The normalized spacial score (nSPS) is 17.0. The van der Waals surface area contributed by atoms with Gasteiger partial charge in [-0.3, -0.25) is 4.79 Å². The highest BCUT2D eigenvalue weighted by atomic mass is 19.1. The first kappa shape index (κ1) is 10.3. The van der Waals surface area contributed by atoms with Gasteiger partial charge in [-0.2, -0.15) is 0 Å². The van der Waals surface area contributed by atoms with Crippen LogP contribution in [0.1, 0.15) is 18.4 Å². The zero-order valence-electron chi connectivity index (χ0n) is 9.11. The fourth-order valence-corrected chi connectivity index (χ4v) is 2.40. The Balaban J connectivity index is 2.32. The maximum Gasteiger partial charge on any atom is 0.314 e. The second kappa shape index (κ2) is 3.29. The first-order valence-electron chi connectivity index (χ1n) is 5.56. The van der Waals surface area contributed by atoms with E-state index in [-0.39, 0.29) is 5.82 Å². The molecule has 1 N–H and O–H groups in total. The molecule has 0 aromatic heterocycles.